The first-order valence-corrected chi connectivity index (χ1v) is 7.03. The van der Waals surface area contributed by atoms with Gasteiger partial charge in [-0.3, -0.25) is 4.79 Å². The minimum Gasteiger partial charge on any atom is -0.444 e. The van der Waals surface area contributed by atoms with E-state index in [0.717, 1.165) is 0 Å². The molecule has 1 amide bonds. The highest BCUT2D eigenvalue weighted by molar-refractivity contribution is 5.89. The Labute approximate surface area is 115 Å². The molecule has 0 aromatic carbocycles. The number of likely N-dealkylation sites (tertiary alicyclic amines) is 1. The van der Waals surface area contributed by atoms with Crippen molar-refractivity contribution in [2.75, 3.05) is 13.1 Å². The number of carbonyl (C=O) groups is 2. The molecule has 0 spiro atoms. The average molecular weight is 267 g/mol. The second-order valence-electron chi connectivity index (χ2n) is 7.85. The summed E-state index contributed by atoms with van der Waals surface area (Å²) >= 11 is 0. The van der Waals surface area contributed by atoms with Crippen LogP contribution >= 0.6 is 0 Å². The molecule has 1 saturated heterocycles. The summed E-state index contributed by atoms with van der Waals surface area (Å²) in [5.41, 5.74) is -0.726. The monoisotopic (exact) mass is 267 g/mol. The van der Waals surface area contributed by atoms with Crippen molar-refractivity contribution < 1.29 is 14.3 Å². The predicted molar refractivity (Wildman–Crippen MR) is 72.7 cm³/mol. The number of fused-ring (bicyclic) bond motifs is 1. The van der Waals surface area contributed by atoms with Crippen LogP contribution in [0.2, 0.25) is 0 Å². The van der Waals surface area contributed by atoms with Crippen LogP contribution in [0.5, 0.6) is 0 Å². The third kappa shape index (κ3) is 2.93. The third-order valence-electron chi connectivity index (χ3n) is 3.89. The highest BCUT2D eigenvalue weighted by atomic mass is 16.6. The molecule has 1 heterocycles. The van der Waals surface area contributed by atoms with Crippen molar-refractivity contribution in [1.82, 2.24) is 4.90 Å². The molecule has 1 saturated carbocycles. The number of Topliss-reactive ketones (excluding diaryl/α,β-unsaturated/α-hetero) is 1. The lowest BCUT2D eigenvalue weighted by molar-refractivity contribution is -0.128. The average Bonchev–Trinajstić information content (AvgIpc) is 2.66. The van der Waals surface area contributed by atoms with E-state index in [1.807, 2.05) is 41.5 Å². The molecule has 0 bridgehead atoms. The second kappa shape index (κ2) is 4.22. The fourth-order valence-corrected chi connectivity index (χ4v) is 2.89. The molecular formula is C15H25NO3. The quantitative estimate of drug-likeness (QED) is 0.734. The van der Waals surface area contributed by atoms with E-state index in [4.69, 9.17) is 4.74 Å². The summed E-state index contributed by atoms with van der Waals surface area (Å²) in [6.45, 7) is 12.9. The second-order valence-corrected chi connectivity index (χ2v) is 7.85. The molecule has 2 aliphatic rings. The van der Waals surface area contributed by atoms with E-state index in [9.17, 15) is 9.59 Å². The van der Waals surface area contributed by atoms with Gasteiger partial charge in [0.25, 0.3) is 0 Å². The number of hydrogen-bond donors (Lipinski definition) is 0. The van der Waals surface area contributed by atoms with Gasteiger partial charge in [0.15, 0.2) is 0 Å². The first-order valence-electron chi connectivity index (χ1n) is 7.03. The summed E-state index contributed by atoms with van der Waals surface area (Å²) in [7, 11) is 0. The smallest absolute Gasteiger partial charge is 0.410 e. The Kier molecular flexibility index (Phi) is 3.19. The number of ketones is 1. The van der Waals surface area contributed by atoms with Crippen molar-refractivity contribution in [1.29, 1.82) is 0 Å². The highest BCUT2D eigenvalue weighted by Crippen LogP contribution is 2.54. The zero-order valence-corrected chi connectivity index (χ0v) is 12.8. The molecule has 0 radical (unpaired) electrons. The molecule has 2 fully saturated rings. The SMILES string of the molecule is CC(C)(C)OC(=O)N1CC2C(C1)C2C(=O)C(C)(C)C. The van der Waals surface area contributed by atoms with Crippen LogP contribution in [0.15, 0.2) is 0 Å². The minimum absolute atomic E-state index is 0.165. The molecular weight excluding hydrogens is 242 g/mol. The maximum Gasteiger partial charge on any atom is 0.410 e. The van der Waals surface area contributed by atoms with E-state index in [0.29, 0.717) is 30.7 Å². The lowest BCUT2D eigenvalue weighted by Crippen LogP contribution is -2.38. The van der Waals surface area contributed by atoms with Gasteiger partial charge in [0.1, 0.15) is 11.4 Å². The van der Waals surface area contributed by atoms with Crippen LogP contribution in [-0.2, 0) is 9.53 Å². The summed E-state index contributed by atoms with van der Waals surface area (Å²) in [5.74, 6) is 1.23. The van der Waals surface area contributed by atoms with Gasteiger partial charge in [0.2, 0.25) is 0 Å². The van der Waals surface area contributed by atoms with Gasteiger partial charge in [0, 0.05) is 24.4 Å². The number of carbonyl (C=O) groups excluding carboxylic acids is 2. The molecule has 1 aliphatic heterocycles. The normalized spacial score (nSPS) is 30.0. The molecule has 108 valence electrons. The van der Waals surface area contributed by atoms with Gasteiger partial charge in [-0.05, 0) is 32.6 Å². The molecule has 2 unspecified atom stereocenters. The van der Waals surface area contributed by atoms with Crippen molar-refractivity contribution in [3.8, 4) is 0 Å². The van der Waals surface area contributed by atoms with Gasteiger partial charge in [-0.2, -0.15) is 0 Å². The number of piperidine rings is 1. The van der Waals surface area contributed by atoms with E-state index in [-0.39, 0.29) is 17.4 Å². The molecule has 2 atom stereocenters. The van der Waals surface area contributed by atoms with E-state index in [2.05, 4.69) is 0 Å². The molecule has 2 rings (SSSR count). The van der Waals surface area contributed by atoms with Crippen LogP contribution in [0, 0.1) is 23.2 Å². The summed E-state index contributed by atoms with van der Waals surface area (Å²) in [4.78, 5) is 25.9. The maximum atomic E-state index is 12.2. The Morgan fingerprint density at radius 2 is 1.47 bits per heavy atom. The van der Waals surface area contributed by atoms with Gasteiger partial charge in [-0.15, -0.1) is 0 Å². The number of hydrogen-bond acceptors (Lipinski definition) is 3. The zero-order chi connectivity index (χ0) is 14.6. The summed E-state index contributed by atoms with van der Waals surface area (Å²) in [6.07, 6.45) is -0.248. The Bertz CT molecular complexity index is 391. The van der Waals surface area contributed by atoms with Gasteiger partial charge in [0.05, 0.1) is 0 Å². The molecule has 4 heteroatoms. The van der Waals surface area contributed by atoms with Crippen LogP contribution in [0.4, 0.5) is 4.79 Å². The predicted octanol–water partition coefficient (Wildman–Crippen LogP) is 2.71. The van der Waals surface area contributed by atoms with Crippen molar-refractivity contribution in [3.05, 3.63) is 0 Å². The van der Waals surface area contributed by atoms with Crippen LogP contribution in [-0.4, -0.2) is 35.5 Å². The van der Waals surface area contributed by atoms with Crippen molar-refractivity contribution >= 4 is 11.9 Å². The highest BCUT2D eigenvalue weighted by Gasteiger charge is 2.61. The fourth-order valence-electron chi connectivity index (χ4n) is 2.89. The Hall–Kier alpha value is -1.06. The first-order chi connectivity index (χ1) is 8.50. The van der Waals surface area contributed by atoms with Gasteiger partial charge in [-0.25, -0.2) is 4.79 Å². The molecule has 19 heavy (non-hydrogen) atoms. The Balaban J connectivity index is 1.87. The fraction of sp³-hybridized carbons (Fsp3) is 0.867. The minimum atomic E-state index is -0.454. The molecule has 4 nitrogen and oxygen atoms in total. The number of rotatable bonds is 1. The molecule has 0 aromatic heterocycles. The first kappa shape index (κ1) is 14.4. The van der Waals surface area contributed by atoms with Crippen molar-refractivity contribution in [3.63, 3.8) is 0 Å². The van der Waals surface area contributed by atoms with Gasteiger partial charge < -0.3 is 9.64 Å². The summed E-state index contributed by atoms with van der Waals surface area (Å²) in [6, 6.07) is 0. The molecule has 0 N–H and O–H groups in total. The van der Waals surface area contributed by atoms with Gasteiger partial charge in [-0.1, -0.05) is 20.8 Å². The van der Waals surface area contributed by atoms with Crippen molar-refractivity contribution in [2.24, 2.45) is 23.2 Å². The summed E-state index contributed by atoms with van der Waals surface area (Å²) in [5, 5.41) is 0. The Morgan fingerprint density at radius 3 is 1.84 bits per heavy atom. The number of amides is 1. The van der Waals surface area contributed by atoms with Crippen LogP contribution in [0.3, 0.4) is 0 Å². The lowest BCUT2D eigenvalue weighted by Gasteiger charge is -2.26. The van der Waals surface area contributed by atoms with E-state index >= 15 is 0 Å². The van der Waals surface area contributed by atoms with Crippen LogP contribution < -0.4 is 0 Å². The lowest BCUT2D eigenvalue weighted by atomic mass is 9.86. The largest absolute Gasteiger partial charge is 0.444 e. The standard InChI is InChI=1S/C15H25NO3/c1-14(2,3)12(17)11-9-7-16(8-10(9)11)13(18)19-15(4,5)6/h9-11H,7-8H2,1-6H3. The Morgan fingerprint density at radius 1 is 1.00 bits per heavy atom. The summed E-state index contributed by atoms with van der Waals surface area (Å²) < 4.78 is 5.36. The van der Waals surface area contributed by atoms with Crippen molar-refractivity contribution in [2.45, 2.75) is 47.1 Å². The van der Waals surface area contributed by atoms with Crippen LogP contribution in [0.1, 0.15) is 41.5 Å². The van der Waals surface area contributed by atoms with E-state index in [1.54, 1.807) is 4.90 Å². The molecule has 0 aromatic rings. The zero-order valence-electron chi connectivity index (χ0n) is 12.8. The topological polar surface area (TPSA) is 46.6 Å². The number of nitrogens with zero attached hydrogens (tertiary/aromatic N) is 1. The molecule has 1 aliphatic carbocycles. The van der Waals surface area contributed by atoms with E-state index < -0.39 is 5.60 Å². The third-order valence-corrected chi connectivity index (χ3v) is 3.89. The number of ether oxygens (including phenoxy) is 1. The maximum absolute atomic E-state index is 12.2. The van der Waals surface area contributed by atoms with Gasteiger partial charge >= 0.3 is 6.09 Å². The van der Waals surface area contributed by atoms with Crippen LogP contribution in [0.25, 0.3) is 0 Å². The van der Waals surface area contributed by atoms with E-state index in [1.165, 1.54) is 0 Å².